The first-order valence-electron chi connectivity index (χ1n) is 11.3. The predicted molar refractivity (Wildman–Crippen MR) is 120 cm³/mol. The minimum Gasteiger partial charge on any atom is -0.0625 e. The summed E-state index contributed by atoms with van der Waals surface area (Å²) >= 11 is 0. The van der Waals surface area contributed by atoms with Gasteiger partial charge in [0.05, 0.1) is 0 Å². The van der Waals surface area contributed by atoms with Gasteiger partial charge in [-0.3, -0.25) is 0 Å². The molecule has 0 nitrogen and oxygen atoms in total. The smallest absolute Gasteiger partial charge is 0.0279 e. The summed E-state index contributed by atoms with van der Waals surface area (Å²) < 4.78 is 0. The van der Waals surface area contributed by atoms with Gasteiger partial charge in [-0.25, -0.2) is 0 Å². The van der Waals surface area contributed by atoms with Crippen LogP contribution >= 0.6 is 0 Å². The van der Waals surface area contributed by atoms with E-state index in [0.717, 1.165) is 11.8 Å². The lowest BCUT2D eigenvalue weighted by atomic mass is 9.93. The molecule has 2 atom stereocenters. The summed E-state index contributed by atoms with van der Waals surface area (Å²) in [6.45, 7) is 4.88. The van der Waals surface area contributed by atoms with Gasteiger partial charge in [-0.1, -0.05) is 119 Å². The van der Waals surface area contributed by atoms with Crippen molar-refractivity contribution in [2.24, 2.45) is 11.8 Å². The fraction of sp³-hybridized carbons (Fsp3) is 0.556. The van der Waals surface area contributed by atoms with E-state index in [0.29, 0.717) is 0 Å². The maximum atomic E-state index is 2.44. The summed E-state index contributed by atoms with van der Waals surface area (Å²) in [5.41, 5.74) is 2.98. The number of aryl methyl sites for hydroxylation is 2. The van der Waals surface area contributed by atoms with Gasteiger partial charge in [0.2, 0.25) is 0 Å². The molecule has 0 saturated heterocycles. The van der Waals surface area contributed by atoms with Crippen molar-refractivity contribution >= 4 is 0 Å². The van der Waals surface area contributed by atoms with Gasteiger partial charge in [0, 0.05) is 0 Å². The Labute approximate surface area is 168 Å². The van der Waals surface area contributed by atoms with E-state index >= 15 is 0 Å². The highest BCUT2D eigenvalue weighted by Crippen LogP contribution is 2.20. The van der Waals surface area contributed by atoms with E-state index in [2.05, 4.69) is 74.5 Å². The van der Waals surface area contributed by atoms with Crippen LogP contribution in [0.4, 0.5) is 0 Å². The molecular formula is C27H40. The molecule has 0 saturated carbocycles. The minimum atomic E-state index is 0.886. The van der Waals surface area contributed by atoms with Crippen molar-refractivity contribution in [1.82, 2.24) is 0 Å². The molecule has 27 heavy (non-hydrogen) atoms. The Balaban J connectivity index is 1.41. The van der Waals surface area contributed by atoms with Crippen LogP contribution in [0.25, 0.3) is 0 Å². The van der Waals surface area contributed by atoms with Crippen molar-refractivity contribution in [3.8, 4) is 0 Å². The molecule has 0 fully saturated rings. The molecule has 0 radical (unpaired) electrons. The molecule has 2 aromatic rings. The number of hydrogen-bond donors (Lipinski definition) is 0. The third kappa shape index (κ3) is 10.4. The first-order valence-corrected chi connectivity index (χ1v) is 11.3. The maximum absolute atomic E-state index is 2.44. The van der Waals surface area contributed by atoms with Crippen molar-refractivity contribution in [2.75, 3.05) is 0 Å². The normalized spacial score (nSPS) is 13.4. The number of benzene rings is 2. The molecule has 0 amide bonds. The van der Waals surface area contributed by atoms with E-state index in [9.17, 15) is 0 Å². The van der Waals surface area contributed by atoms with E-state index in [1.807, 2.05) is 0 Å². The predicted octanol–water partition coefficient (Wildman–Crippen LogP) is 8.25. The van der Waals surface area contributed by atoms with Gasteiger partial charge in [0.25, 0.3) is 0 Å². The molecule has 148 valence electrons. The third-order valence-electron chi connectivity index (χ3n) is 5.90. The second-order valence-corrected chi connectivity index (χ2v) is 8.60. The fourth-order valence-electron chi connectivity index (χ4n) is 4.05. The number of hydrogen-bond acceptors (Lipinski definition) is 0. The van der Waals surface area contributed by atoms with Crippen LogP contribution in [0, 0.1) is 11.8 Å². The highest BCUT2D eigenvalue weighted by Gasteiger charge is 2.05. The van der Waals surface area contributed by atoms with Crippen LogP contribution < -0.4 is 0 Å². The zero-order valence-electron chi connectivity index (χ0n) is 17.7. The summed E-state index contributed by atoms with van der Waals surface area (Å²) in [7, 11) is 0. The van der Waals surface area contributed by atoms with Gasteiger partial charge < -0.3 is 0 Å². The molecule has 0 aliphatic rings. The van der Waals surface area contributed by atoms with Crippen LogP contribution in [-0.4, -0.2) is 0 Å². The monoisotopic (exact) mass is 364 g/mol. The fourth-order valence-corrected chi connectivity index (χ4v) is 4.05. The summed E-state index contributed by atoms with van der Waals surface area (Å²) in [5.74, 6) is 1.77. The SMILES string of the molecule is C[C@@H](CCCCC[C@H](C)CCCc1ccccc1)CCCc1ccccc1. The van der Waals surface area contributed by atoms with Crippen LogP contribution in [0.3, 0.4) is 0 Å². The van der Waals surface area contributed by atoms with E-state index in [1.54, 1.807) is 0 Å². The van der Waals surface area contributed by atoms with Gasteiger partial charge in [-0.15, -0.1) is 0 Å². The Morgan fingerprint density at radius 3 is 1.26 bits per heavy atom. The average Bonchev–Trinajstić information content (AvgIpc) is 2.69. The molecule has 0 heterocycles. The van der Waals surface area contributed by atoms with Crippen molar-refractivity contribution in [3.63, 3.8) is 0 Å². The first kappa shape index (κ1) is 21.7. The van der Waals surface area contributed by atoms with Crippen LogP contribution in [0.15, 0.2) is 60.7 Å². The van der Waals surface area contributed by atoms with E-state index < -0.39 is 0 Å². The molecule has 2 aromatic carbocycles. The van der Waals surface area contributed by atoms with E-state index in [-0.39, 0.29) is 0 Å². The van der Waals surface area contributed by atoms with Gasteiger partial charge in [0.1, 0.15) is 0 Å². The topological polar surface area (TPSA) is 0 Å². The molecular weight excluding hydrogens is 324 g/mol. The zero-order chi connectivity index (χ0) is 19.2. The minimum absolute atomic E-state index is 0.886. The lowest BCUT2D eigenvalue weighted by Gasteiger charge is -2.13. The molecule has 2 rings (SSSR count). The molecule has 0 aromatic heterocycles. The van der Waals surface area contributed by atoms with Crippen LogP contribution in [0.1, 0.15) is 82.8 Å². The van der Waals surface area contributed by atoms with Gasteiger partial charge in [-0.2, -0.15) is 0 Å². The number of rotatable bonds is 14. The zero-order valence-corrected chi connectivity index (χ0v) is 17.7. The Bertz CT molecular complexity index is 518. The largest absolute Gasteiger partial charge is 0.0625 e. The van der Waals surface area contributed by atoms with Crippen molar-refractivity contribution in [2.45, 2.75) is 84.5 Å². The summed E-state index contributed by atoms with van der Waals surface area (Å²) in [5, 5.41) is 0. The highest BCUT2D eigenvalue weighted by atomic mass is 14.1. The number of unbranched alkanes of at least 4 members (excludes halogenated alkanes) is 2. The quantitative estimate of drug-likeness (QED) is 0.296. The van der Waals surface area contributed by atoms with Gasteiger partial charge in [0.15, 0.2) is 0 Å². The summed E-state index contributed by atoms with van der Waals surface area (Å²) in [4.78, 5) is 0. The molecule has 0 unspecified atom stereocenters. The lowest BCUT2D eigenvalue weighted by Crippen LogP contribution is -1.98. The van der Waals surface area contributed by atoms with Crippen LogP contribution in [0.2, 0.25) is 0 Å². The van der Waals surface area contributed by atoms with E-state index in [4.69, 9.17) is 0 Å². The van der Waals surface area contributed by atoms with Gasteiger partial charge >= 0.3 is 0 Å². The standard InChI is InChI=1S/C27H40/c1-24(16-12-22-26-18-8-4-9-19-26)14-6-3-7-15-25(2)17-13-23-27-20-10-5-11-21-27/h4-5,8-11,18-21,24-25H,3,6-7,12-17,22-23H2,1-2H3/t24-,25-/m0/s1. The third-order valence-corrected chi connectivity index (χ3v) is 5.90. The Morgan fingerprint density at radius 1 is 0.481 bits per heavy atom. The molecule has 0 aliphatic carbocycles. The molecule has 0 heteroatoms. The van der Waals surface area contributed by atoms with Crippen molar-refractivity contribution < 1.29 is 0 Å². The van der Waals surface area contributed by atoms with E-state index in [1.165, 1.54) is 81.8 Å². The lowest BCUT2D eigenvalue weighted by molar-refractivity contribution is 0.417. The first-order chi connectivity index (χ1) is 13.2. The second kappa shape index (κ2) is 13.6. The van der Waals surface area contributed by atoms with Gasteiger partial charge in [-0.05, 0) is 48.6 Å². The average molecular weight is 365 g/mol. The Morgan fingerprint density at radius 2 is 0.852 bits per heavy atom. The molecule has 0 aliphatic heterocycles. The van der Waals surface area contributed by atoms with Crippen LogP contribution in [-0.2, 0) is 12.8 Å². The molecule has 0 N–H and O–H groups in total. The Hall–Kier alpha value is -1.56. The van der Waals surface area contributed by atoms with Crippen LogP contribution in [0.5, 0.6) is 0 Å². The summed E-state index contributed by atoms with van der Waals surface area (Å²) in [6.07, 6.45) is 15.0. The molecule has 0 bridgehead atoms. The second-order valence-electron chi connectivity index (χ2n) is 8.60. The molecule has 0 spiro atoms. The maximum Gasteiger partial charge on any atom is -0.0279 e. The summed E-state index contributed by atoms with van der Waals surface area (Å²) in [6, 6.07) is 21.9. The highest BCUT2D eigenvalue weighted by molar-refractivity contribution is 5.15. The van der Waals surface area contributed by atoms with Crippen molar-refractivity contribution in [3.05, 3.63) is 71.8 Å². The Kier molecular flexibility index (Phi) is 10.9. The van der Waals surface area contributed by atoms with Crippen molar-refractivity contribution in [1.29, 1.82) is 0 Å².